The summed E-state index contributed by atoms with van der Waals surface area (Å²) in [6.07, 6.45) is 1.17. The van der Waals surface area contributed by atoms with Crippen molar-refractivity contribution in [3.8, 4) is 0 Å². The Morgan fingerprint density at radius 3 is 3.09 bits per heavy atom. The van der Waals surface area contributed by atoms with Gasteiger partial charge in [0.25, 0.3) is 0 Å². The van der Waals surface area contributed by atoms with Crippen LogP contribution in [-0.2, 0) is 0 Å². The predicted molar refractivity (Wildman–Crippen MR) is 49.4 cm³/mol. The fraction of sp³-hybridized carbons (Fsp3) is 0.333. The van der Waals surface area contributed by atoms with Gasteiger partial charge in [-0.3, -0.25) is 4.72 Å². The minimum atomic E-state index is 1.05. The van der Waals surface area contributed by atoms with Gasteiger partial charge in [0, 0.05) is 11.4 Å². The number of hydrogen-bond donors (Lipinski definition) is 1. The van der Waals surface area contributed by atoms with Crippen LogP contribution in [0.5, 0.6) is 0 Å². The maximum absolute atomic E-state index is 3.24. The van der Waals surface area contributed by atoms with Crippen LogP contribution in [0.15, 0.2) is 29.2 Å². The van der Waals surface area contributed by atoms with Gasteiger partial charge in [0.15, 0.2) is 0 Å². The van der Waals surface area contributed by atoms with E-state index in [4.69, 9.17) is 0 Å². The zero-order chi connectivity index (χ0) is 7.94. The van der Waals surface area contributed by atoms with Gasteiger partial charge in [0.2, 0.25) is 0 Å². The van der Waals surface area contributed by atoms with Crippen molar-refractivity contribution in [3.05, 3.63) is 30.3 Å². The predicted octanol–water partition coefficient (Wildman–Crippen LogP) is 2.49. The molecule has 0 aromatic heterocycles. The Hall–Kier alpha value is -0.470. The quantitative estimate of drug-likeness (QED) is 0.545. The Bertz CT molecular complexity index is 186. The molecule has 0 saturated heterocycles. The summed E-state index contributed by atoms with van der Waals surface area (Å²) >= 11 is 1.64. The van der Waals surface area contributed by atoms with Crippen molar-refractivity contribution in [2.45, 2.75) is 18.2 Å². The Morgan fingerprint density at radius 1 is 1.55 bits per heavy atom. The molecule has 1 N–H and O–H groups in total. The van der Waals surface area contributed by atoms with Crippen LogP contribution in [0, 0.1) is 6.07 Å². The molecule has 0 aliphatic heterocycles. The first-order valence-corrected chi connectivity index (χ1v) is 4.61. The molecule has 0 saturated carbocycles. The summed E-state index contributed by atoms with van der Waals surface area (Å²) in [6, 6.07) is 11.1. The highest BCUT2D eigenvalue weighted by Gasteiger charge is 1.89. The smallest absolute Gasteiger partial charge is 0.0306 e. The van der Waals surface area contributed by atoms with Crippen molar-refractivity contribution in [3.63, 3.8) is 0 Å². The van der Waals surface area contributed by atoms with Crippen LogP contribution in [0.4, 0.5) is 0 Å². The van der Waals surface area contributed by atoms with E-state index in [9.17, 15) is 0 Å². The van der Waals surface area contributed by atoms with E-state index in [-0.39, 0.29) is 0 Å². The fourth-order valence-corrected chi connectivity index (χ4v) is 1.41. The largest absolute Gasteiger partial charge is 0.260 e. The molecular formula is C9H12NS. The van der Waals surface area contributed by atoms with E-state index in [1.807, 2.05) is 24.3 Å². The highest BCUT2D eigenvalue weighted by atomic mass is 32.2. The molecule has 1 rings (SSSR count). The monoisotopic (exact) mass is 166 g/mol. The van der Waals surface area contributed by atoms with Crippen LogP contribution in [0.3, 0.4) is 0 Å². The first kappa shape index (κ1) is 8.62. The van der Waals surface area contributed by atoms with Gasteiger partial charge in [-0.1, -0.05) is 25.1 Å². The minimum absolute atomic E-state index is 1.05. The minimum Gasteiger partial charge on any atom is -0.260 e. The van der Waals surface area contributed by atoms with E-state index in [1.165, 1.54) is 6.42 Å². The Labute approximate surface area is 72.3 Å². The molecule has 2 heteroatoms. The lowest BCUT2D eigenvalue weighted by Gasteiger charge is -1.99. The molecule has 1 aromatic rings. The Kier molecular flexibility index (Phi) is 4.09. The number of nitrogens with one attached hydrogen (secondary N) is 1. The standard InChI is InChI=1S/C9H12NS/c1-2-8-10-11-9-6-4-3-5-7-9/h3-6,10H,2,8H2,1H3. The maximum atomic E-state index is 3.24. The first-order chi connectivity index (χ1) is 5.43. The van der Waals surface area contributed by atoms with Crippen molar-refractivity contribution in [1.29, 1.82) is 0 Å². The fourth-order valence-electron chi connectivity index (χ4n) is 0.671. The van der Waals surface area contributed by atoms with Crippen molar-refractivity contribution < 1.29 is 0 Å². The third kappa shape index (κ3) is 3.44. The Morgan fingerprint density at radius 2 is 2.45 bits per heavy atom. The SMILES string of the molecule is CCCNSc1[c]cccc1. The maximum Gasteiger partial charge on any atom is 0.0306 e. The third-order valence-corrected chi connectivity index (χ3v) is 2.04. The summed E-state index contributed by atoms with van der Waals surface area (Å²) in [5, 5.41) is 0. The van der Waals surface area contributed by atoms with E-state index in [0.717, 1.165) is 11.4 Å². The average molecular weight is 166 g/mol. The lowest BCUT2D eigenvalue weighted by molar-refractivity contribution is 0.877. The van der Waals surface area contributed by atoms with E-state index in [1.54, 1.807) is 11.9 Å². The van der Waals surface area contributed by atoms with Crippen LogP contribution in [-0.4, -0.2) is 6.54 Å². The molecule has 11 heavy (non-hydrogen) atoms. The molecule has 0 heterocycles. The molecule has 0 aliphatic carbocycles. The van der Waals surface area contributed by atoms with Crippen LogP contribution in [0.1, 0.15) is 13.3 Å². The second-order valence-corrected chi connectivity index (χ2v) is 3.16. The summed E-state index contributed by atoms with van der Waals surface area (Å²) in [4.78, 5) is 1.15. The number of benzene rings is 1. The normalized spacial score (nSPS) is 9.91. The second-order valence-electron chi connectivity index (χ2n) is 2.22. The topological polar surface area (TPSA) is 12.0 Å². The molecule has 1 radical (unpaired) electrons. The van der Waals surface area contributed by atoms with Gasteiger partial charge in [0.05, 0.1) is 0 Å². The Balaban J connectivity index is 2.28. The van der Waals surface area contributed by atoms with Crippen molar-refractivity contribution in [2.75, 3.05) is 6.54 Å². The molecule has 1 nitrogen and oxygen atoms in total. The van der Waals surface area contributed by atoms with Gasteiger partial charge in [-0.15, -0.1) is 0 Å². The van der Waals surface area contributed by atoms with E-state index >= 15 is 0 Å². The molecule has 0 atom stereocenters. The van der Waals surface area contributed by atoms with Gasteiger partial charge < -0.3 is 0 Å². The van der Waals surface area contributed by atoms with Gasteiger partial charge in [-0.25, -0.2) is 0 Å². The molecule has 0 fully saturated rings. The highest BCUT2D eigenvalue weighted by molar-refractivity contribution is 7.97. The van der Waals surface area contributed by atoms with E-state index < -0.39 is 0 Å². The molecule has 0 amide bonds. The zero-order valence-corrected chi connectivity index (χ0v) is 7.45. The lowest BCUT2D eigenvalue weighted by atomic mass is 10.4. The van der Waals surface area contributed by atoms with Gasteiger partial charge in [0.1, 0.15) is 0 Å². The number of hydrogen-bond acceptors (Lipinski definition) is 2. The summed E-state index contributed by atoms with van der Waals surface area (Å²) in [6.45, 7) is 3.20. The molecule has 0 aliphatic rings. The summed E-state index contributed by atoms with van der Waals surface area (Å²) < 4.78 is 3.24. The van der Waals surface area contributed by atoms with Crippen molar-refractivity contribution in [1.82, 2.24) is 4.72 Å². The van der Waals surface area contributed by atoms with Crippen LogP contribution < -0.4 is 4.72 Å². The third-order valence-electron chi connectivity index (χ3n) is 1.21. The van der Waals surface area contributed by atoms with Crippen LogP contribution in [0.25, 0.3) is 0 Å². The van der Waals surface area contributed by atoms with Gasteiger partial charge in [-0.05, 0) is 30.5 Å². The first-order valence-electron chi connectivity index (χ1n) is 3.80. The lowest BCUT2D eigenvalue weighted by Crippen LogP contribution is -2.02. The van der Waals surface area contributed by atoms with E-state index in [2.05, 4.69) is 17.7 Å². The van der Waals surface area contributed by atoms with Crippen LogP contribution in [0.2, 0.25) is 0 Å². The summed E-state index contributed by atoms with van der Waals surface area (Å²) in [5.41, 5.74) is 0. The summed E-state index contributed by atoms with van der Waals surface area (Å²) in [7, 11) is 0. The van der Waals surface area contributed by atoms with Crippen molar-refractivity contribution >= 4 is 11.9 Å². The molecule has 0 bridgehead atoms. The molecule has 0 unspecified atom stereocenters. The molecule has 59 valence electrons. The number of rotatable bonds is 4. The summed E-state index contributed by atoms with van der Waals surface area (Å²) in [5.74, 6) is 0. The molecule has 1 aromatic carbocycles. The molecule has 0 spiro atoms. The average Bonchev–Trinajstić information content (AvgIpc) is 2.07. The zero-order valence-electron chi connectivity index (χ0n) is 6.63. The van der Waals surface area contributed by atoms with Crippen molar-refractivity contribution in [2.24, 2.45) is 0 Å². The molecular weight excluding hydrogens is 154 g/mol. The highest BCUT2D eigenvalue weighted by Crippen LogP contribution is 2.11. The second kappa shape index (κ2) is 5.22. The van der Waals surface area contributed by atoms with Gasteiger partial charge >= 0.3 is 0 Å². The van der Waals surface area contributed by atoms with E-state index in [0.29, 0.717) is 0 Å². The van der Waals surface area contributed by atoms with Crippen LogP contribution >= 0.6 is 11.9 Å². The van der Waals surface area contributed by atoms with Gasteiger partial charge in [-0.2, -0.15) is 0 Å².